The summed E-state index contributed by atoms with van der Waals surface area (Å²) in [6, 6.07) is 5.25. The Morgan fingerprint density at radius 1 is 1.44 bits per heavy atom. The first-order valence-corrected chi connectivity index (χ1v) is 8.14. The highest BCUT2D eigenvalue weighted by Crippen LogP contribution is 2.39. The third kappa shape index (κ3) is 5.12. The SMILES string of the molecule is COCCNCC(=O)Nc1ccc(Cl)c(-n2nnnc2C2CC2)c1.Cl. The van der Waals surface area contributed by atoms with Crippen LogP contribution in [0.1, 0.15) is 24.6 Å². The number of aromatic nitrogens is 4. The molecule has 0 atom stereocenters. The van der Waals surface area contributed by atoms with Crippen LogP contribution in [0.2, 0.25) is 5.02 Å². The fraction of sp³-hybridized carbons (Fsp3) is 0.467. The van der Waals surface area contributed by atoms with E-state index in [1.807, 2.05) is 0 Å². The fourth-order valence-electron chi connectivity index (χ4n) is 2.30. The topological polar surface area (TPSA) is 94.0 Å². The van der Waals surface area contributed by atoms with Crippen LogP contribution in [0.3, 0.4) is 0 Å². The zero-order valence-electron chi connectivity index (χ0n) is 13.7. The second-order valence-corrected chi connectivity index (χ2v) is 6.01. The molecular weight excluding hydrogens is 367 g/mol. The van der Waals surface area contributed by atoms with Crippen LogP contribution in [0.5, 0.6) is 0 Å². The number of halogens is 2. The van der Waals surface area contributed by atoms with Crippen molar-refractivity contribution in [2.24, 2.45) is 0 Å². The van der Waals surface area contributed by atoms with Gasteiger partial charge < -0.3 is 15.4 Å². The Kier molecular flexibility index (Phi) is 7.12. The number of carbonyl (C=O) groups is 1. The predicted octanol–water partition coefficient (Wildman–Crippen LogP) is 1.79. The zero-order valence-corrected chi connectivity index (χ0v) is 15.3. The van der Waals surface area contributed by atoms with Crippen LogP contribution in [0.25, 0.3) is 5.69 Å². The first-order valence-electron chi connectivity index (χ1n) is 7.76. The average Bonchev–Trinajstić information content (AvgIpc) is 3.31. The molecule has 1 aromatic heterocycles. The molecular formula is C15H20Cl2N6O2. The second-order valence-electron chi connectivity index (χ2n) is 5.61. The van der Waals surface area contributed by atoms with Crippen molar-refractivity contribution in [1.29, 1.82) is 0 Å². The fourth-order valence-corrected chi connectivity index (χ4v) is 2.49. The zero-order chi connectivity index (χ0) is 16.9. The highest BCUT2D eigenvalue weighted by Gasteiger charge is 2.30. The summed E-state index contributed by atoms with van der Waals surface area (Å²) in [7, 11) is 1.62. The van der Waals surface area contributed by atoms with Crippen LogP contribution in [-0.2, 0) is 9.53 Å². The van der Waals surface area contributed by atoms with E-state index in [4.69, 9.17) is 16.3 Å². The minimum atomic E-state index is -0.140. The standard InChI is InChI=1S/C15H19ClN6O2.ClH/c1-24-7-6-17-9-14(23)18-11-4-5-12(16)13(8-11)22-15(10-2-3-10)19-20-21-22;/h4-5,8,10,17H,2-3,6-7,9H2,1H3,(H,18,23);1H. The molecule has 1 aromatic carbocycles. The van der Waals surface area contributed by atoms with E-state index in [1.54, 1.807) is 30.0 Å². The van der Waals surface area contributed by atoms with Gasteiger partial charge in [-0.25, -0.2) is 0 Å². The third-order valence-electron chi connectivity index (χ3n) is 3.66. The monoisotopic (exact) mass is 386 g/mol. The highest BCUT2D eigenvalue weighted by atomic mass is 35.5. The van der Waals surface area contributed by atoms with Crippen molar-refractivity contribution in [2.75, 3.05) is 32.1 Å². The molecule has 0 unspecified atom stereocenters. The van der Waals surface area contributed by atoms with Crippen molar-refractivity contribution in [1.82, 2.24) is 25.5 Å². The van der Waals surface area contributed by atoms with Gasteiger partial charge in [-0.2, -0.15) is 4.68 Å². The van der Waals surface area contributed by atoms with Crippen molar-refractivity contribution in [2.45, 2.75) is 18.8 Å². The van der Waals surface area contributed by atoms with E-state index in [0.29, 0.717) is 35.5 Å². The summed E-state index contributed by atoms with van der Waals surface area (Å²) in [5.41, 5.74) is 1.30. The highest BCUT2D eigenvalue weighted by molar-refractivity contribution is 6.32. The van der Waals surface area contributed by atoms with E-state index in [2.05, 4.69) is 26.2 Å². The van der Waals surface area contributed by atoms with Crippen LogP contribution >= 0.6 is 24.0 Å². The van der Waals surface area contributed by atoms with E-state index in [1.165, 1.54) is 0 Å². The molecule has 1 aliphatic carbocycles. The molecule has 25 heavy (non-hydrogen) atoms. The lowest BCUT2D eigenvalue weighted by molar-refractivity contribution is -0.115. The Hall–Kier alpha value is -1.74. The summed E-state index contributed by atoms with van der Waals surface area (Å²) in [5, 5.41) is 18.2. The molecule has 2 aromatic rings. The van der Waals surface area contributed by atoms with E-state index >= 15 is 0 Å². The number of benzene rings is 1. The van der Waals surface area contributed by atoms with E-state index < -0.39 is 0 Å². The number of nitrogens with zero attached hydrogens (tertiary/aromatic N) is 4. The molecule has 0 aliphatic heterocycles. The van der Waals surface area contributed by atoms with Crippen LogP contribution in [0.4, 0.5) is 5.69 Å². The Balaban J connectivity index is 0.00000225. The summed E-state index contributed by atoms with van der Waals surface area (Å²) in [4.78, 5) is 11.9. The summed E-state index contributed by atoms with van der Waals surface area (Å²) in [5.74, 6) is 1.06. The average molecular weight is 387 g/mol. The number of ether oxygens (including phenoxy) is 1. The number of anilines is 1. The van der Waals surface area contributed by atoms with Gasteiger partial charge in [0.15, 0.2) is 5.82 Å². The van der Waals surface area contributed by atoms with Gasteiger partial charge in [0.2, 0.25) is 5.91 Å². The lowest BCUT2D eigenvalue weighted by Crippen LogP contribution is -2.30. The number of nitrogens with one attached hydrogen (secondary N) is 2. The number of methoxy groups -OCH3 is 1. The van der Waals surface area contributed by atoms with Crippen molar-refractivity contribution >= 4 is 35.6 Å². The normalized spacial score (nSPS) is 13.4. The molecule has 1 heterocycles. The molecule has 8 nitrogen and oxygen atoms in total. The second kappa shape index (κ2) is 9.10. The van der Waals surface area contributed by atoms with Crippen LogP contribution in [0.15, 0.2) is 18.2 Å². The van der Waals surface area contributed by atoms with Crippen molar-refractivity contribution in [3.05, 3.63) is 29.0 Å². The Morgan fingerprint density at radius 2 is 2.24 bits per heavy atom. The number of rotatable bonds is 8. The number of hydrogen-bond acceptors (Lipinski definition) is 6. The number of hydrogen-bond donors (Lipinski definition) is 2. The largest absolute Gasteiger partial charge is 0.383 e. The van der Waals surface area contributed by atoms with Crippen molar-refractivity contribution in [3.8, 4) is 5.69 Å². The van der Waals surface area contributed by atoms with Crippen molar-refractivity contribution in [3.63, 3.8) is 0 Å². The van der Waals surface area contributed by atoms with Crippen LogP contribution in [0, 0.1) is 0 Å². The molecule has 1 saturated carbocycles. The van der Waals surface area contributed by atoms with Gasteiger partial charge in [0.1, 0.15) is 0 Å². The van der Waals surface area contributed by atoms with Gasteiger partial charge >= 0.3 is 0 Å². The first-order chi connectivity index (χ1) is 11.7. The van der Waals surface area contributed by atoms with Crippen molar-refractivity contribution < 1.29 is 9.53 Å². The molecule has 3 rings (SSSR count). The predicted molar refractivity (Wildman–Crippen MR) is 96.8 cm³/mol. The molecule has 0 radical (unpaired) electrons. The molecule has 1 amide bonds. The molecule has 0 spiro atoms. The van der Waals surface area contributed by atoms with Gasteiger partial charge in [0, 0.05) is 25.3 Å². The van der Waals surface area contributed by atoms with Gasteiger partial charge in [0.25, 0.3) is 0 Å². The van der Waals surface area contributed by atoms with E-state index in [9.17, 15) is 4.79 Å². The maximum absolute atomic E-state index is 11.9. The lowest BCUT2D eigenvalue weighted by atomic mass is 10.2. The molecule has 136 valence electrons. The number of tetrazole rings is 1. The maximum atomic E-state index is 11.9. The minimum Gasteiger partial charge on any atom is -0.383 e. The summed E-state index contributed by atoms with van der Waals surface area (Å²) < 4.78 is 6.56. The number of carbonyl (C=O) groups excluding carboxylic acids is 1. The van der Waals surface area contributed by atoms with Gasteiger partial charge in [-0.05, 0) is 41.5 Å². The van der Waals surface area contributed by atoms with Crippen LogP contribution in [-0.4, -0.2) is 52.9 Å². The summed E-state index contributed by atoms with van der Waals surface area (Å²) >= 11 is 6.28. The van der Waals surface area contributed by atoms with Crippen LogP contribution < -0.4 is 10.6 Å². The van der Waals surface area contributed by atoms with E-state index in [0.717, 1.165) is 18.7 Å². The molecule has 2 N–H and O–H groups in total. The van der Waals surface area contributed by atoms with Gasteiger partial charge in [0.05, 0.1) is 23.9 Å². The Morgan fingerprint density at radius 3 is 2.96 bits per heavy atom. The molecule has 0 bridgehead atoms. The Labute approximate surface area is 156 Å². The smallest absolute Gasteiger partial charge is 0.238 e. The maximum Gasteiger partial charge on any atom is 0.238 e. The molecule has 0 saturated heterocycles. The number of amides is 1. The van der Waals surface area contributed by atoms with Gasteiger partial charge in [-0.1, -0.05) is 11.6 Å². The molecule has 1 aliphatic rings. The van der Waals surface area contributed by atoms with Gasteiger partial charge in [-0.15, -0.1) is 17.5 Å². The quantitative estimate of drug-likeness (QED) is 0.671. The molecule has 1 fully saturated rings. The minimum absolute atomic E-state index is 0. The Bertz CT molecular complexity index is 720. The van der Waals surface area contributed by atoms with E-state index in [-0.39, 0.29) is 24.9 Å². The summed E-state index contributed by atoms with van der Waals surface area (Å²) in [6.07, 6.45) is 2.17. The first kappa shape index (κ1) is 19.6. The molecule has 10 heteroatoms. The summed E-state index contributed by atoms with van der Waals surface area (Å²) in [6.45, 7) is 1.38. The van der Waals surface area contributed by atoms with Gasteiger partial charge in [-0.3, -0.25) is 4.79 Å². The third-order valence-corrected chi connectivity index (χ3v) is 3.98. The lowest BCUT2D eigenvalue weighted by Gasteiger charge is -2.10.